The quantitative estimate of drug-likeness (QED) is 0.341. The lowest BCUT2D eigenvalue weighted by Crippen LogP contribution is -2.46. The Morgan fingerprint density at radius 3 is 2.74 bits per heavy atom. The van der Waals surface area contributed by atoms with Crippen molar-refractivity contribution >= 4 is 29.9 Å². The van der Waals surface area contributed by atoms with Crippen LogP contribution in [0.5, 0.6) is 0 Å². The topological polar surface area (TPSA) is 39.7 Å². The summed E-state index contributed by atoms with van der Waals surface area (Å²) in [5.74, 6) is 1.71. The van der Waals surface area contributed by atoms with Crippen molar-refractivity contribution in [1.29, 1.82) is 0 Å². The number of halogens is 1. The van der Waals surface area contributed by atoms with Crippen molar-refractivity contribution in [3.63, 3.8) is 0 Å². The highest BCUT2D eigenvalue weighted by molar-refractivity contribution is 14.0. The lowest BCUT2D eigenvalue weighted by Gasteiger charge is -2.30. The SMILES string of the molecule is CN=C(NCC1CCCN(C)C1)NC1CC=CC1.I. The molecule has 0 aromatic heterocycles. The third-order valence-corrected chi connectivity index (χ3v) is 3.85. The number of guanidine groups is 1. The van der Waals surface area contributed by atoms with E-state index in [-0.39, 0.29) is 24.0 Å². The molecular weight excluding hydrogens is 351 g/mol. The first-order valence-electron chi connectivity index (χ1n) is 7.08. The van der Waals surface area contributed by atoms with Gasteiger partial charge in [0.25, 0.3) is 0 Å². The second kappa shape index (κ2) is 8.79. The smallest absolute Gasteiger partial charge is 0.191 e. The lowest BCUT2D eigenvalue weighted by molar-refractivity contribution is 0.210. The van der Waals surface area contributed by atoms with Crippen molar-refractivity contribution in [1.82, 2.24) is 15.5 Å². The van der Waals surface area contributed by atoms with Gasteiger partial charge in [-0.2, -0.15) is 0 Å². The Kier molecular flexibility index (Phi) is 7.75. The Bertz CT molecular complexity index is 309. The summed E-state index contributed by atoms with van der Waals surface area (Å²) in [4.78, 5) is 6.73. The van der Waals surface area contributed by atoms with Crippen LogP contribution >= 0.6 is 24.0 Å². The fourth-order valence-electron chi connectivity index (χ4n) is 2.80. The standard InChI is InChI=1S/C14H26N4.HI/c1-15-14(17-13-7-3-4-8-13)16-10-12-6-5-9-18(2)11-12;/h3-4,12-13H,5-11H2,1-2H3,(H2,15,16,17);1H. The molecule has 1 heterocycles. The van der Waals surface area contributed by atoms with Crippen molar-refractivity contribution in [3.05, 3.63) is 12.2 Å². The molecule has 2 N–H and O–H groups in total. The third kappa shape index (κ3) is 5.69. The summed E-state index contributed by atoms with van der Waals surface area (Å²) < 4.78 is 0. The van der Waals surface area contributed by atoms with Crippen LogP contribution in [0.1, 0.15) is 25.7 Å². The molecule has 0 saturated carbocycles. The molecule has 5 heteroatoms. The van der Waals surface area contributed by atoms with Gasteiger partial charge in [0.05, 0.1) is 0 Å². The summed E-state index contributed by atoms with van der Waals surface area (Å²) in [5, 5.41) is 6.95. The number of nitrogens with zero attached hydrogens (tertiary/aromatic N) is 2. The van der Waals surface area contributed by atoms with Gasteiger partial charge in [-0.15, -0.1) is 24.0 Å². The van der Waals surface area contributed by atoms with E-state index < -0.39 is 0 Å². The number of rotatable bonds is 3. The van der Waals surface area contributed by atoms with E-state index in [1.54, 1.807) is 0 Å². The van der Waals surface area contributed by atoms with Crippen molar-refractivity contribution in [2.24, 2.45) is 10.9 Å². The normalized spacial score (nSPS) is 25.2. The summed E-state index contributed by atoms with van der Waals surface area (Å²) in [6, 6.07) is 0.533. The van der Waals surface area contributed by atoms with Gasteiger partial charge in [0.2, 0.25) is 0 Å². The molecule has 1 saturated heterocycles. The molecular formula is C14H27IN4. The Morgan fingerprint density at radius 2 is 2.11 bits per heavy atom. The molecule has 0 bridgehead atoms. The maximum Gasteiger partial charge on any atom is 0.191 e. The monoisotopic (exact) mass is 378 g/mol. The molecule has 110 valence electrons. The first kappa shape index (κ1) is 16.8. The van der Waals surface area contributed by atoms with E-state index in [0.29, 0.717) is 6.04 Å². The maximum atomic E-state index is 4.31. The highest BCUT2D eigenvalue weighted by Gasteiger charge is 2.18. The van der Waals surface area contributed by atoms with Crippen LogP contribution in [0, 0.1) is 5.92 Å². The summed E-state index contributed by atoms with van der Waals surface area (Å²) in [6.45, 7) is 3.48. The summed E-state index contributed by atoms with van der Waals surface area (Å²) in [6.07, 6.45) is 9.36. The first-order chi connectivity index (χ1) is 8.78. The van der Waals surface area contributed by atoms with Crippen LogP contribution < -0.4 is 10.6 Å². The average Bonchev–Trinajstić information content (AvgIpc) is 2.87. The summed E-state index contributed by atoms with van der Waals surface area (Å²) in [5.41, 5.74) is 0. The Labute approximate surface area is 134 Å². The zero-order chi connectivity index (χ0) is 12.8. The molecule has 0 aromatic rings. The minimum Gasteiger partial charge on any atom is -0.356 e. The molecule has 1 atom stereocenters. The van der Waals surface area contributed by atoms with Crippen LogP contribution in [0.15, 0.2) is 17.1 Å². The Hall–Kier alpha value is -0.300. The first-order valence-corrected chi connectivity index (χ1v) is 7.08. The molecule has 2 aliphatic rings. The fraction of sp³-hybridized carbons (Fsp3) is 0.786. The van der Waals surface area contributed by atoms with E-state index >= 15 is 0 Å². The van der Waals surface area contributed by atoms with Crippen molar-refractivity contribution in [2.45, 2.75) is 31.7 Å². The molecule has 0 spiro atoms. The summed E-state index contributed by atoms with van der Waals surface area (Å²) in [7, 11) is 4.06. The molecule has 1 aliphatic heterocycles. The van der Waals surface area contributed by atoms with Gasteiger partial charge in [-0.05, 0) is 45.2 Å². The molecule has 0 amide bonds. The van der Waals surface area contributed by atoms with Gasteiger partial charge >= 0.3 is 0 Å². The lowest BCUT2D eigenvalue weighted by atomic mass is 9.99. The minimum absolute atomic E-state index is 0. The minimum atomic E-state index is 0. The van der Waals surface area contributed by atoms with Crippen LogP contribution in [-0.4, -0.2) is 50.6 Å². The van der Waals surface area contributed by atoms with Gasteiger partial charge in [-0.3, -0.25) is 4.99 Å². The van der Waals surface area contributed by atoms with Gasteiger partial charge < -0.3 is 15.5 Å². The molecule has 0 aromatic carbocycles. The second-order valence-corrected chi connectivity index (χ2v) is 5.51. The van der Waals surface area contributed by atoms with Gasteiger partial charge in [0, 0.05) is 26.2 Å². The number of hydrogen-bond donors (Lipinski definition) is 2. The Balaban J connectivity index is 0.00000180. The number of aliphatic imine (C=N–C) groups is 1. The van der Waals surface area contributed by atoms with E-state index in [1.807, 2.05) is 7.05 Å². The van der Waals surface area contributed by atoms with Crippen LogP contribution in [0.4, 0.5) is 0 Å². The molecule has 4 nitrogen and oxygen atoms in total. The third-order valence-electron chi connectivity index (χ3n) is 3.85. The second-order valence-electron chi connectivity index (χ2n) is 5.51. The largest absolute Gasteiger partial charge is 0.356 e. The van der Waals surface area contributed by atoms with Crippen molar-refractivity contribution in [2.75, 3.05) is 33.7 Å². The highest BCUT2D eigenvalue weighted by Crippen LogP contribution is 2.14. The zero-order valence-electron chi connectivity index (χ0n) is 12.1. The average molecular weight is 378 g/mol. The number of piperidine rings is 1. The predicted molar refractivity (Wildman–Crippen MR) is 92.3 cm³/mol. The fourth-order valence-corrected chi connectivity index (χ4v) is 2.80. The predicted octanol–water partition coefficient (Wildman–Crippen LogP) is 1.83. The number of likely N-dealkylation sites (tertiary alicyclic amines) is 1. The molecule has 0 radical (unpaired) electrons. The molecule has 2 rings (SSSR count). The van der Waals surface area contributed by atoms with Gasteiger partial charge in [-0.1, -0.05) is 12.2 Å². The van der Waals surface area contributed by atoms with Crippen molar-refractivity contribution in [3.8, 4) is 0 Å². The van der Waals surface area contributed by atoms with Crippen LogP contribution in [-0.2, 0) is 0 Å². The van der Waals surface area contributed by atoms with Gasteiger partial charge in [0.15, 0.2) is 5.96 Å². The van der Waals surface area contributed by atoms with Gasteiger partial charge in [-0.25, -0.2) is 0 Å². The molecule has 1 fully saturated rings. The van der Waals surface area contributed by atoms with E-state index in [4.69, 9.17) is 0 Å². The van der Waals surface area contributed by atoms with Crippen LogP contribution in [0.3, 0.4) is 0 Å². The number of nitrogens with one attached hydrogen (secondary N) is 2. The van der Waals surface area contributed by atoms with E-state index in [9.17, 15) is 0 Å². The van der Waals surface area contributed by atoms with Crippen molar-refractivity contribution < 1.29 is 0 Å². The Morgan fingerprint density at radius 1 is 1.37 bits per heavy atom. The van der Waals surface area contributed by atoms with Gasteiger partial charge in [0.1, 0.15) is 0 Å². The number of hydrogen-bond acceptors (Lipinski definition) is 2. The van der Waals surface area contributed by atoms with E-state index in [0.717, 1.165) is 31.3 Å². The molecule has 1 aliphatic carbocycles. The molecule has 1 unspecified atom stereocenters. The summed E-state index contributed by atoms with van der Waals surface area (Å²) >= 11 is 0. The van der Waals surface area contributed by atoms with Crippen LogP contribution in [0.2, 0.25) is 0 Å². The maximum absolute atomic E-state index is 4.31. The molecule has 19 heavy (non-hydrogen) atoms. The van der Waals surface area contributed by atoms with E-state index in [2.05, 4.69) is 39.7 Å². The van der Waals surface area contributed by atoms with Crippen LogP contribution in [0.25, 0.3) is 0 Å². The highest BCUT2D eigenvalue weighted by atomic mass is 127. The van der Waals surface area contributed by atoms with E-state index in [1.165, 1.54) is 25.9 Å². The zero-order valence-corrected chi connectivity index (χ0v) is 14.4.